The van der Waals surface area contributed by atoms with Crippen molar-refractivity contribution in [3.05, 3.63) is 0 Å². The third kappa shape index (κ3) is 3.57. The van der Waals surface area contributed by atoms with Gasteiger partial charge >= 0.3 is 0 Å². The lowest BCUT2D eigenvalue weighted by molar-refractivity contribution is 0.235. The van der Waals surface area contributed by atoms with Crippen molar-refractivity contribution in [1.82, 2.24) is 5.32 Å². The molecule has 1 heteroatoms. The predicted octanol–water partition coefficient (Wildman–Crippen LogP) is 3.06. The van der Waals surface area contributed by atoms with Crippen molar-refractivity contribution in [1.29, 1.82) is 0 Å². The molecule has 0 amide bonds. The summed E-state index contributed by atoms with van der Waals surface area (Å²) in [6, 6.07) is 0.599. The Balaban J connectivity index is 4.05. The van der Waals surface area contributed by atoms with Crippen molar-refractivity contribution < 1.29 is 0 Å². The van der Waals surface area contributed by atoms with E-state index in [4.69, 9.17) is 0 Å². The maximum atomic E-state index is 3.66. The third-order valence-corrected chi connectivity index (χ3v) is 3.04. The van der Waals surface area contributed by atoms with E-state index in [9.17, 15) is 0 Å². The second-order valence-corrected chi connectivity index (χ2v) is 5.05. The number of nitrogens with one attached hydrogen (secondary N) is 1. The largest absolute Gasteiger partial charge is 0.309 e. The molecule has 12 heavy (non-hydrogen) atoms. The average molecular weight is 171 g/mol. The van der Waals surface area contributed by atoms with Crippen LogP contribution >= 0.6 is 0 Å². The fourth-order valence-corrected chi connectivity index (χ4v) is 0.920. The van der Waals surface area contributed by atoms with Gasteiger partial charge in [0, 0.05) is 11.6 Å². The van der Waals surface area contributed by atoms with Crippen molar-refractivity contribution in [2.75, 3.05) is 0 Å². The molecule has 0 aliphatic carbocycles. The van der Waals surface area contributed by atoms with Crippen LogP contribution in [0.5, 0.6) is 0 Å². The van der Waals surface area contributed by atoms with E-state index in [1.165, 1.54) is 0 Å². The first kappa shape index (κ1) is 12.0. The van der Waals surface area contributed by atoms with E-state index in [0.29, 0.717) is 17.9 Å². The molecule has 0 aromatic heterocycles. The average Bonchev–Trinajstić information content (AvgIpc) is 1.85. The Labute approximate surface area is 77.9 Å². The van der Waals surface area contributed by atoms with Crippen LogP contribution in [0.1, 0.15) is 48.5 Å². The normalized spacial score (nSPS) is 15.8. The molecule has 0 saturated carbocycles. The summed E-state index contributed by atoms with van der Waals surface area (Å²) in [5.41, 5.74) is 0.254. The van der Waals surface area contributed by atoms with E-state index >= 15 is 0 Å². The Morgan fingerprint density at radius 1 is 0.917 bits per heavy atom. The summed E-state index contributed by atoms with van der Waals surface area (Å²) < 4.78 is 0. The van der Waals surface area contributed by atoms with E-state index in [-0.39, 0.29) is 5.54 Å². The Bertz CT molecular complexity index is 125. The smallest absolute Gasteiger partial charge is 0.0150 e. The van der Waals surface area contributed by atoms with Gasteiger partial charge in [-0.1, -0.05) is 27.7 Å². The summed E-state index contributed by atoms with van der Waals surface area (Å²) in [6.07, 6.45) is 0. The van der Waals surface area contributed by atoms with Gasteiger partial charge in [-0.2, -0.15) is 0 Å². The molecule has 0 unspecified atom stereocenters. The second kappa shape index (κ2) is 4.27. The lowest BCUT2D eigenvalue weighted by Gasteiger charge is -2.35. The van der Waals surface area contributed by atoms with Gasteiger partial charge in [-0.05, 0) is 32.6 Å². The molecule has 0 aromatic rings. The van der Waals surface area contributed by atoms with Gasteiger partial charge in [0.25, 0.3) is 0 Å². The van der Waals surface area contributed by atoms with E-state index < -0.39 is 0 Å². The molecule has 1 nitrogen and oxygen atoms in total. The van der Waals surface area contributed by atoms with Gasteiger partial charge in [-0.15, -0.1) is 0 Å². The van der Waals surface area contributed by atoms with E-state index in [0.717, 1.165) is 0 Å². The molecule has 0 radical (unpaired) electrons. The minimum absolute atomic E-state index is 0.254. The van der Waals surface area contributed by atoms with Crippen LogP contribution in [0.2, 0.25) is 0 Å². The maximum Gasteiger partial charge on any atom is 0.0150 e. The van der Waals surface area contributed by atoms with Crippen molar-refractivity contribution >= 4 is 0 Å². The molecular formula is C11H25N. The second-order valence-electron chi connectivity index (χ2n) is 5.05. The molecule has 0 aromatic carbocycles. The van der Waals surface area contributed by atoms with Crippen LogP contribution in [-0.2, 0) is 0 Å². The fraction of sp³-hybridized carbons (Fsp3) is 1.00. The SMILES string of the molecule is CC(C)[C@H](C)NC(C)(C)C(C)C. The van der Waals surface area contributed by atoms with Gasteiger partial charge in [-0.25, -0.2) is 0 Å². The van der Waals surface area contributed by atoms with Crippen LogP contribution < -0.4 is 5.32 Å². The highest BCUT2D eigenvalue weighted by Gasteiger charge is 2.24. The Hall–Kier alpha value is -0.0400. The van der Waals surface area contributed by atoms with Crippen LogP contribution in [-0.4, -0.2) is 11.6 Å². The Morgan fingerprint density at radius 2 is 1.33 bits per heavy atom. The van der Waals surface area contributed by atoms with Gasteiger partial charge in [-0.3, -0.25) is 0 Å². The molecular weight excluding hydrogens is 146 g/mol. The zero-order chi connectivity index (χ0) is 9.94. The molecule has 0 aliphatic rings. The topological polar surface area (TPSA) is 12.0 Å². The highest BCUT2D eigenvalue weighted by atomic mass is 15.0. The highest BCUT2D eigenvalue weighted by Crippen LogP contribution is 2.17. The molecule has 0 saturated heterocycles. The number of hydrogen-bond acceptors (Lipinski definition) is 1. The lowest BCUT2D eigenvalue weighted by Crippen LogP contribution is -2.50. The summed E-state index contributed by atoms with van der Waals surface area (Å²) in [7, 11) is 0. The quantitative estimate of drug-likeness (QED) is 0.685. The minimum Gasteiger partial charge on any atom is -0.309 e. The molecule has 0 rings (SSSR count). The summed E-state index contributed by atoms with van der Waals surface area (Å²) >= 11 is 0. The van der Waals surface area contributed by atoms with Crippen molar-refractivity contribution in [2.24, 2.45) is 11.8 Å². The number of hydrogen-bond donors (Lipinski definition) is 1. The van der Waals surface area contributed by atoms with Gasteiger partial charge in [0.05, 0.1) is 0 Å². The summed E-state index contributed by atoms with van der Waals surface area (Å²) in [5.74, 6) is 1.39. The molecule has 0 heterocycles. The monoisotopic (exact) mass is 171 g/mol. The Kier molecular flexibility index (Phi) is 4.25. The third-order valence-electron chi connectivity index (χ3n) is 3.04. The highest BCUT2D eigenvalue weighted by molar-refractivity contribution is 4.84. The molecule has 1 atom stereocenters. The van der Waals surface area contributed by atoms with Gasteiger partial charge in [0.15, 0.2) is 0 Å². The zero-order valence-electron chi connectivity index (χ0n) is 9.73. The van der Waals surface area contributed by atoms with Crippen molar-refractivity contribution in [3.8, 4) is 0 Å². The number of rotatable bonds is 4. The van der Waals surface area contributed by atoms with Gasteiger partial charge in [0.2, 0.25) is 0 Å². The van der Waals surface area contributed by atoms with Crippen molar-refractivity contribution in [3.63, 3.8) is 0 Å². The van der Waals surface area contributed by atoms with Crippen LogP contribution in [0.15, 0.2) is 0 Å². The summed E-state index contributed by atoms with van der Waals surface area (Å²) in [6.45, 7) is 15.9. The predicted molar refractivity (Wildman–Crippen MR) is 56.4 cm³/mol. The fourth-order valence-electron chi connectivity index (χ4n) is 0.920. The lowest BCUT2D eigenvalue weighted by atomic mass is 9.88. The van der Waals surface area contributed by atoms with E-state index in [2.05, 4.69) is 53.8 Å². The summed E-state index contributed by atoms with van der Waals surface area (Å²) in [5, 5.41) is 3.66. The molecule has 0 aliphatic heterocycles. The molecule has 0 spiro atoms. The van der Waals surface area contributed by atoms with Gasteiger partial charge < -0.3 is 5.32 Å². The first-order valence-electron chi connectivity index (χ1n) is 5.05. The van der Waals surface area contributed by atoms with Crippen LogP contribution in [0.25, 0.3) is 0 Å². The van der Waals surface area contributed by atoms with Crippen molar-refractivity contribution in [2.45, 2.75) is 60.0 Å². The molecule has 0 bridgehead atoms. The van der Waals surface area contributed by atoms with Crippen LogP contribution in [0.4, 0.5) is 0 Å². The molecule has 74 valence electrons. The van der Waals surface area contributed by atoms with Crippen LogP contribution in [0.3, 0.4) is 0 Å². The summed E-state index contributed by atoms with van der Waals surface area (Å²) in [4.78, 5) is 0. The Morgan fingerprint density at radius 3 is 1.58 bits per heavy atom. The first-order chi connectivity index (χ1) is 5.27. The van der Waals surface area contributed by atoms with Gasteiger partial charge in [0.1, 0.15) is 0 Å². The molecule has 1 N–H and O–H groups in total. The zero-order valence-corrected chi connectivity index (χ0v) is 9.73. The van der Waals surface area contributed by atoms with E-state index in [1.807, 2.05) is 0 Å². The van der Waals surface area contributed by atoms with E-state index in [1.54, 1.807) is 0 Å². The standard InChI is InChI=1S/C11H25N/c1-8(2)10(5)12-11(6,7)9(3)4/h8-10,12H,1-7H3/t10-/m0/s1. The van der Waals surface area contributed by atoms with Crippen LogP contribution in [0, 0.1) is 11.8 Å². The minimum atomic E-state index is 0.254. The first-order valence-corrected chi connectivity index (χ1v) is 5.05. The maximum absolute atomic E-state index is 3.66. The molecule has 0 fully saturated rings.